The minimum Gasteiger partial charge on any atom is -0.274 e. The number of benzene rings is 3. The van der Waals surface area contributed by atoms with Crippen molar-refractivity contribution < 1.29 is 9.59 Å². The summed E-state index contributed by atoms with van der Waals surface area (Å²) >= 11 is 1.59. The summed E-state index contributed by atoms with van der Waals surface area (Å²) in [5.74, 6) is -1.20. The molecule has 158 valence electrons. The summed E-state index contributed by atoms with van der Waals surface area (Å²) in [6, 6.07) is 27.6. The SMILES string of the molecule is Cc1ccc(N2C(=O)[C@H]3CN4N=C(c5ccccc5)S[C@@]4(c4ccccc4)[C@H]3C2=O)cc1. The summed E-state index contributed by atoms with van der Waals surface area (Å²) in [5, 5.41) is 7.78. The maximum absolute atomic E-state index is 13.9. The van der Waals surface area contributed by atoms with Gasteiger partial charge in [0.15, 0.2) is 0 Å². The Kier molecular flexibility index (Phi) is 4.27. The number of hydrogen-bond acceptors (Lipinski definition) is 5. The van der Waals surface area contributed by atoms with Crippen LogP contribution in [0.25, 0.3) is 0 Å². The van der Waals surface area contributed by atoms with Gasteiger partial charge in [-0.2, -0.15) is 5.10 Å². The van der Waals surface area contributed by atoms with Gasteiger partial charge in [-0.3, -0.25) is 14.6 Å². The van der Waals surface area contributed by atoms with Gasteiger partial charge in [-0.05, 0) is 24.6 Å². The molecule has 5 nitrogen and oxygen atoms in total. The van der Waals surface area contributed by atoms with E-state index in [1.165, 1.54) is 4.90 Å². The fourth-order valence-electron chi connectivity index (χ4n) is 5.05. The highest BCUT2D eigenvalue weighted by atomic mass is 32.2. The Bertz CT molecular complexity index is 1240. The number of amides is 2. The highest BCUT2D eigenvalue weighted by Gasteiger charge is 2.68. The molecule has 3 aliphatic rings. The van der Waals surface area contributed by atoms with Crippen molar-refractivity contribution in [2.75, 3.05) is 11.4 Å². The summed E-state index contributed by atoms with van der Waals surface area (Å²) in [4.78, 5) is 28.0. The zero-order chi connectivity index (χ0) is 21.9. The minimum atomic E-state index is -0.733. The Morgan fingerprint density at radius 3 is 2.22 bits per heavy atom. The molecular formula is C26H21N3O2S. The van der Waals surface area contributed by atoms with Crippen molar-refractivity contribution in [1.29, 1.82) is 0 Å². The van der Waals surface area contributed by atoms with Crippen molar-refractivity contribution in [3.05, 3.63) is 102 Å². The number of fused-ring (bicyclic) bond motifs is 3. The smallest absolute Gasteiger partial charge is 0.241 e. The number of hydrazone groups is 1. The zero-order valence-corrected chi connectivity index (χ0v) is 18.3. The summed E-state index contributed by atoms with van der Waals surface area (Å²) in [6.45, 7) is 2.42. The fraction of sp³-hybridized carbons (Fsp3) is 0.192. The lowest BCUT2D eigenvalue weighted by Gasteiger charge is -2.35. The van der Waals surface area contributed by atoms with Crippen LogP contribution in [-0.2, 0) is 14.5 Å². The predicted octanol–water partition coefficient (Wildman–Crippen LogP) is 4.38. The molecule has 3 aromatic carbocycles. The van der Waals surface area contributed by atoms with Crippen LogP contribution in [0, 0.1) is 18.8 Å². The van der Waals surface area contributed by atoms with Crippen LogP contribution >= 0.6 is 11.8 Å². The molecule has 0 aromatic heterocycles. The molecule has 6 rings (SSSR count). The van der Waals surface area contributed by atoms with E-state index in [1.807, 2.05) is 96.9 Å². The van der Waals surface area contributed by atoms with Crippen molar-refractivity contribution in [1.82, 2.24) is 5.01 Å². The van der Waals surface area contributed by atoms with Crippen LogP contribution in [0.15, 0.2) is 90.0 Å². The van der Waals surface area contributed by atoms with Crippen LogP contribution in [0.2, 0.25) is 0 Å². The van der Waals surface area contributed by atoms with Crippen molar-refractivity contribution in [2.24, 2.45) is 16.9 Å². The molecule has 2 saturated heterocycles. The lowest BCUT2D eigenvalue weighted by molar-refractivity contribution is -0.123. The minimum absolute atomic E-state index is 0.134. The number of rotatable bonds is 3. The van der Waals surface area contributed by atoms with Gasteiger partial charge in [0.2, 0.25) is 11.8 Å². The first kappa shape index (κ1) is 19.3. The van der Waals surface area contributed by atoms with Gasteiger partial charge in [0.05, 0.1) is 24.1 Å². The van der Waals surface area contributed by atoms with E-state index in [1.54, 1.807) is 11.8 Å². The van der Waals surface area contributed by atoms with Crippen LogP contribution in [0.1, 0.15) is 16.7 Å². The molecule has 3 heterocycles. The summed E-state index contributed by atoms with van der Waals surface area (Å²) in [7, 11) is 0. The maximum atomic E-state index is 13.9. The molecule has 0 radical (unpaired) electrons. The van der Waals surface area contributed by atoms with Crippen LogP contribution in [-0.4, -0.2) is 28.4 Å². The van der Waals surface area contributed by atoms with Gasteiger partial charge < -0.3 is 0 Å². The highest BCUT2D eigenvalue weighted by Crippen LogP contribution is 2.61. The Balaban J connectivity index is 1.46. The monoisotopic (exact) mass is 439 g/mol. The summed E-state index contributed by atoms with van der Waals surface area (Å²) in [6.07, 6.45) is 0. The van der Waals surface area contributed by atoms with Crippen molar-refractivity contribution >= 4 is 34.3 Å². The van der Waals surface area contributed by atoms with Crippen LogP contribution in [0.5, 0.6) is 0 Å². The molecule has 0 N–H and O–H groups in total. The Labute approximate surface area is 190 Å². The fourth-order valence-corrected chi connectivity index (χ4v) is 6.61. The van der Waals surface area contributed by atoms with Gasteiger partial charge >= 0.3 is 0 Å². The summed E-state index contributed by atoms with van der Waals surface area (Å²) < 4.78 is 0. The molecule has 3 aromatic rings. The first-order valence-corrected chi connectivity index (χ1v) is 11.5. The number of carbonyl (C=O) groups is 2. The number of imide groups is 1. The van der Waals surface area contributed by atoms with E-state index >= 15 is 0 Å². The second-order valence-electron chi connectivity index (χ2n) is 8.45. The Morgan fingerprint density at radius 1 is 0.875 bits per heavy atom. The van der Waals surface area contributed by atoms with E-state index in [-0.39, 0.29) is 11.8 Å². The molecule has 0 aliphatic carbocycles. The molecule has 3 atom stereocenters. The number of nitrogens with zero attached hydrogens (tertiary/aromatic N) is 3. The predicted molar refractivity (Wildman–Crippen MR) is 126 cm³/mol. The molecular weight excluding hydrogens is 418 g/mol. The molecule has 2 fully saturated rings. The number of anilines is 1. The third kappa shape index (κ3) is 2.62. The third-order valence-corrected chi connectivity index (χ3v) is 8.09. The molecule has 0 spiro atoms. The van der Waals surface area contributed by atoms with Crippen LogP contribution in [0.4, 0.5) is 5.69 Å². The first-order valence-electron chi connectivity index (χ1n) is 10.7. The second kappa shape index (κ2) is 7.07. The number of carbonyl (C=O) groups excluding carboxylic acids is 2. The number of hydrogen-bond donors (Lipinski definition) is 0. The van der Waals surface area contributed by atoms with Crippen molar-refractivity contribution in [3.63, 3.8) is 0 Å². The van der Waals surface area contributed by atoms with Crippen molar-refractivity contribution in [3.8, 4) is 0 Å². The average Bonchev–Trinajstić information content (AvgIpc) is 3.43. The van der Waals surface area contributed by atoms with Gasteiger partial charge in [-0.1, -0.05) is 90.1 Å². The number of thioether (sulfide) groups is 1. The van der Waals surface area contributed by atoms with E-state index in [4.69, 9.17) is 5.10 Å². The van der Waals surface area contributed by atoms with Crippen molar-refractivity contribution in [2.45, 2.75) is 11.8 Å². The van der Waals surface area contributed by atoms with E-state index < -0.39 is 16.7 Å². The van der Waals surface area contributed by atoms with Gasteiger partial charge in [0.25, 0.3) is 0 Å². The normalized spacial score (nSPS) is 26.3. The van der Waals surface area contributed by atoms with E-state index in [0.717, 1.165) is 21.7 Å². The van der Waals surface area contributed by atoms with Crippen LogP contribution in [0.3, 0.4) is 0 Å². The topological polar surface area (TPSA) is 53.0 Å². The van der Waals surface area contributed by atoms with Gasteiger partial charge in [0.1, 0.15) is 9.91 Å². The molecule has 0 saturated carbocycles. The Morgan fingerprint density at radius 2 is 1.53 bits per heavy atom. The van der Waals surface area contributed by atoms with E-state index in [0.29, 0.717) is 12.2 Å². The quantitative estimate of drug-likeness (QED) is 0.569. The van der Waals surface area contributed by atoms with Gasteiger partial charge in [-0.15, -0.1) is 0 Å². The average molecular weight is 440 g/mol. The molecule has 0 unspecified atom stereocenters. The molecule has 2 amide bonds. The highest BCUT2D eigenvalue weighted by molar-refractivity contribution is 8.15. The lowest BCUT2D eigenvalue weighted by atomic mass is 9.88. The largest absolute Gasteiger partial charge is 0.274 e. The zero-order valence-electron chi connectivity index (χ0n) is 17.5. The number of aryl methyl sites for hydroxylation is 1. The standard InChI is InChI=1S/C26H21N3O2S/c1-17-12-14-20(15-13-17)29-24(30)21-16-28-26(22(21)25(29)31,19-10-6-3-7-11-19)32-23(27-28)18-8-4-2-5-9-18/h2-15,21-22H,16H2,1H3/t21-,22+,26-/m0/s1. The molecule has 32 heavy (non-hydrogen) atoms. The van der Waals surface area contributed by atoms with Crippen LogP contribution < -0.4 is 4.90 Å². The summed E-state index contributed by atoms with van der Waals surface area (Å²) in [5.41, 5.74) is 3.75. The van der Waals surface area contributed by atoms with Gasteiger partial charge in [-0.25, -0.2) is 4.90 Å². The molecule has 6 heteroatoms. The molecule has 3 aliphatic heterocycles. The molecule has 0 bridgehead atoms. The lowest BCUT2D eigenvalue weighted by Crippen LogP contribution is -2.43. The second-order valence-corrected chi connectivity index (χ2v) is 9.66. The van der Waals surface area contributed by atoms with E-state index in [2.05, 4.69) is 0 Å². The maximum Gasteiger partial charge on any atom is 0.241 e. The first-order chi connectivity index (χ1) is 15.6. The van der Waals surface area contributed by atoms with E-state index in [9.17, 15) is 9.59 Å². The Hall–Kier alpha value is -3.38. The van der Waals surface area contributed by atoms with Gasteiger partial charge in [0, 0.05) is 5.56 Å². The third-order valence-electron chi connectivity index (χ3n) is 6.57.